The average molecular weight is 161 g/mol. The molecule has 0 N–H and O–H groups in total. The van der Waals surface area contributed by atoms with Gasteiger partial charge in [0.2, 0.25) is 0 Å². The Hall–Kier alpha value is -0.820. The van der Waals surface area contributed by atoms with E-state index in [2.05, 4.69) is 18.2 Å². The first-order valence-electron chi connectivity index (χ1n) is 4.52. The van der Waals surface area contributed by atoms with E-state index in [4.69, 9.17) is 4.74 Å². The summed E-state index contributed by atoms with van der Waals surface area (Å²) in [7, 11) is 0. The molecule has 63 valence electrons. The number of rotatable bonds is 2. The molecular weight excluding hydrogens is 148 g/mol. The standard InChI is InChI=1S/C11H13O/c1-2-5-10(6-3-1)9-11-7-4-8-12-11/h1-3,5,11H,4,7-9H2. The first-order chi connectivity index (χ1) is 5.95. The van der Waals surface area contributed by atoms with Crippen LogP contribution in [0.1, 0.15) is 18.4 Å². The maximum atomic E-state index is 5.54. The van der Waals surface area contributed by atoms with Gasteiger partial charge in [0.25, 0.3) is 0 Å². The Kier molecular flexibility index (Phi) is 2.42. The molecule has 0 amide bonds. The van der Waals surface area contributed by atoms with Crippen LogP contribution in [0.25, 0.3) is 0 Å². The third-order valence-electron chi connectivity index (χ3n) is 2.25. The zero-order valence-corrected chi connectivity index (χ0v) is 7.12. The van der Waals surface area contributed by atoms with E-state index in [1.807, 2.05) is 12.1 Å². The molecule has 0 bridgehead atoms. The van der Waals surface area contributed by atoms with E-state index in [0.717, 1.165) is 13.0 Å². The van der Waals surface area contributed by atoms with Crippen LogP contribution in [0, 0.1) is 6.07 Å². The lowest BCUT2D eigenvalue weighted by molar-refractivity contribution is 0.111. The molecule has 1 nitrogen and oxygen atoms in total. The van der Waals surface area contributed by atoms with Gasteiger partial charge in [-0.1, -0.05) is 24.3 Å². The first-order valence-corrected chi connectivity index (χ1v) is 4.52. The summed E-state index contributed by atoms with van der Waals surface area (Å²) in [5.41, 5.74) is 1.27. The Balaban J connectivity index is 1.94. The lowest BCUT2D eigenvalue weighted by Crippen LogP contribution is -2.08. The van der Waals surface area contributed by atoms with Crippen LogP contribution in [-0.2, 0) is 11.2 Å². The van der Waals surface area contributed by atoms with Gasteiger partial charge in [-0.2, -0.15) is 0 Å². The predicted octanol–water partition coefficient (Wildman–Crippen LogP) is 2.21. The molecule has 0 spiro atoms. The quantitative estimate of drug-likeness (QED) is 0.646. The zero-order chi connectivity index (χ0) is 8.23. The van der Waals surface area contributed by atoms with Gasteiger partial charge in [-0.05, 0) is 30.9 Å². The summed E-state index contributed by atoms with van der Waals surface area (Å²) < 4.78 is 5.54. The molecule has 0 aliphatic carbocycles. The molecule has 1 aromatic rings. The topological polar surface area (TPSA) is 9.23 Å². The fourth-order valence-electron chi connectivity index (χ4n) is 1.61. The van der Waals surface area contributed by atoms with Gasteiger partial charge in [0.15, 0.2) is 0 Å². The SMILES string of the molecule is [c]1ccccc1CC1CCCO1. The number of hydrogen-bond donors (Lipinski definition) is 0. The smallest absolute Gasteiger partial charge is 0.0616 e. The van der Waals surface area contributed by atoms with Gasteiger partial charge in [-0.25, -0.2) is 0 Å². The highest BCUT2D eigenvalue weighted by Gasteiger charge is 2.15. The molecule has 0 aromatic heterocycles. The predicted molar refractivity (Wildman–Crippen MR) is 48.0 cm³/mol. The number of hydrogen-bond acceptors (Lipinski definition) is 1. The Morgan fingerprint density at radius 2 is 2.50 bits per heavy atom. The molecule has 1 aromatic carbocycles. The van der Waals surface area contributed by atoms with E-state index >= 15 is 0 Å². The number of benzene rings is 1. The van der Waals surface area contributed by atoms with E-state index in [-0.39, 0.29) is 0 Å². The van der Waals surface area contributed by atoms with Crippen molar-refractivity contribution in [3.63, 3.8) is 0 Å². The summed E-state index contributed by atoms with van der Waals surface area (Å²) in [5, 5.41) is 0. The van der Waals surface area contributed by atoms with Crippen molar-refractivity contribution in [3.05, 3.63) is 35.9 Å². The molecule has 1 aliphatic heterocycles. The summed E-state index contributed by atoms with van der Waals surface area (Å²) in [6.07, 6.45) is 3.91. The molecule has 1 radical (unpaired) electrons. The van der Waals surface area contributed by atoms with Crippen molar-refractivity contribution >= 4 is 0 Å². The van der Waals surface area contributed by atoms with Crippen LogP contribution in [0.4, 0.5) is 0 Å². The third kappa shape index (κ3) is 1.86. The van der Waals surface area contributed by atoms with Crippen LogP contribution in [0.5, 0.6) is 0 Å². The molecule has 1 aliphatic rings. The monoisotopic (exact) mass is 161 g/mol. The minimum absolute atomic E-state index is 0.448. The second-order valence-corrected chi connectivity index (χ2v) is 3.23. The lowest BCUT2D eigenvalue weighted by atomic mass is 10.1. The fourth-order valence-corrected chi connectivity index (χ4v) is 1.61. The van der Waals surface area contributed by atoms with Gasteiger partial charge in [0.05, 0.1) is 6.10 Å². The van der Waals surface area contributed by atoms with Crippen molar-refractivity contribution in [1.82, 2.24) is 0 Å². The summed E-state index contributed by atoms with van der Waals surface area (Å²) >= 11 is 0. The van der Waals surface area contributed by atoms with E-state index in [1.54, 1.807) is 0 Å². The molecule has 1 fully saturated rings. The summed E-state index contributed by atoms with van der Waals surface area (Å²) in [6.45, 7) is 0.942. The van der Waals surface area contributed by atoms with Gasteiger partial charge >= 0.3 is 0 Å². The third-order valence-corrected chi connectivity index (χ3v) is 2.25. The van der Waals surface area contributed by atoms with Gasteiger partial charge < -0.3 is 4.74 Å². The Bertz CT molecular complexity index is 224. The number of ether oxygens (including phenoxy) is 1. The minimum atomic E-state index is 0.448. The Labute approximate surface area is 73.4 Å². The molecule has 1 heteroatoms. The van der Waals surface area contributed by atoms with Gasteiger partial charge in [0.1, 0.15) is 0 Å². The summed E-state index contributed by atoms with van der Waals surface area (Å²) in [4.78, 5) is 0. The molecular formula is C11H13O. The van der Waals surface area contributed by atoms with Crippen molar-refractivity contribution in [3.8, 4) is 0 Å². The average Bonchev–Trinajstić information content (AvgIpc) is 2.59. The van der Waals surface area contributed by atoms with Crippen LogP contribution in [0.15, 0.2) is 24.3 Å². The molecule has 1 saturated heterocycles. The summed E-state index contributed by atoms with van der Waals surface area (Å²) in [5.74, 6) is 0. The molecule has 0 saturated carbocycles. The van der Waals surface area contributed by atoms with E-state index < -0.39 is 0 Å². The van der Waals surface area contributed by atoms with E-state index in [9.17, 15) is 0 Å². The molecule has 12 heavy (non-hydrogen) atoms. The molecule has 1 unspecified atom stereocenters. The van der Waals surface area contributed by atoms with Crippen molar-refractivity contribution in [2.45, 2.75) is 25.4 Å². The van der Waals surface area contributed by atoms with Crippen molar-refractivity contribution in [1.29, 1.82) is 0 Å². The maximum absolute atomic E-state index is 5.54. The minimum Gasteiger partial charge on any atom is -0.378 e. The highest BCUT2D eigenvalue weighted by molar-refractivity contribution is 5.14. The highest BCUT2D eigenvalue weighted by atomic mass is 16.5. The van der Waals surface area contributed by atoms with Crippen LogP contribution in [0.3, 0.4) is 0 Å². The molecule has 1 atom stereocenters. The van der Waals surface area contributed by atoms with Gasteiger partial charge in [-0.15, -0.1) is 0 Å². The lowest BCUT2D eigenvalue weighted by Gasteiger charge is -2.07. The van der Waals surface area contributed by atoms with Crippen LogP contribution in [0.2, 0.25) is 0 Å². The van der Waals surface area contributed by atoms with Crippen molar-refractivity contribution in [2.24, 2.45) is 0 Å². The molecule has 2 rings (SSSR count). The molecule has 1 heterocycles. The van der Waals surface area contributed by atoms with Crippen LogP contribution < -0.4 is 0 Å². The second kappa shape index (κ2) is 3.72. The Morgan fingerprint density at radius 1 is 1.50 bits per heavy atom. The van der Waals surface area contributed by atoms with Gasteiger partial charge in [-0.3, -0.25) is 0 Å². The normalized spacial score (nSPS) is 22.8. The Morgan fingerprint density at radius 3 is 3.17 bits per heavy atom. The zero-order valence-electron chi connectivity index (χ0n) is 7.12. The fraction of sp³-hybridized carbons (Fsp3) is 0.455. The first kappa shape index (κ1) is 7.81. The maximum Gasteiger partial charge on any atom is 0.0616 e. The summed E-state index contributed by atoms with van der Waals surface area (Å²) in [6, 6.07) is 11.3. The van der Waals surface area contributed by atoms with Crippen molar-refractivity contribution in [2.75, 3.05) is 6.61 Å². The highest BCUT2D eigenvalue weighted by Crippen LogP contribution is 2.16. The van der Waals surface area contributed by atoms with Crippen LogP contribution in [-0.4, -0.2) is 12.7 Å². The second-order valence-electron chi connectivity index (χ2n) is 3.23. The van der Waals surface area contributed by atoms with Crippen LogP contribution >= 0.6 is 0 Å². The van der Waals surface area contributed by atoms with Gasteiger partial charge in [0, 0.05) is 6.61 Å². The van der Waals surface area contributed by atoms with E-state index in [1.165, 1.54) is 18.4 Å². The van der Waals surface area contributed by atoms with E-state index in [0.29, 0.717) is 6.10 Å². The van der Waals surface area contributed by atoms with Crippen molar-refractivity contribution < 1.29 is 4.74 Å². The largest absolute Gasteiger partial charge is 0.378 e.